The summed E-state index contributed by atoms with van der Waals surface area (Å²) in [7, 11) is 6.42. The van der Waals surface area contributed by atoms with Gasteiger partial charge >= 0.3 is 0 Å². The van der Waals surface area contributed by atoms with Gasteiger partial charge in [0, 0.05) is 31.1 Å². The maximum absolute atomic E-state index is 13.1. The first kappa shape index (κ1) is 20.2. The summed E-state index contributed by atoms with van der Waals surface area (Å²) in [6.07, 6.45) is 0.571. The van der Waals surface area contributed by atoms with Crippen molar-refractivity contribution in [3.05, 3.63) is 39.8 Å². The quantitative estimate of drug-likeness (QED) is 0.746. The Kier molecular flexibility index (Phi) is 5.15. The molecule has 0 bridgehead atoms. The molecule has 2 aliphatic heterocycles. The van der Waals surface area contributed by atoms with Gasteiger partial charge < -0.3 is 24.2 Å². The van der Waals surface area contributed by atoms with Crippen LogP contribution in [0.15, 0.2) is 18.2 Å². The molecular weight excluding hydrogens is 406 g/mol. The number of amides is 3. The molecule has 8 nitrogen and oxygen atoms in total. The molecule has 1 aromatic heterocycles. The second-order valence-corrected chi connectivity index (χ2v) is 8.43. The molecule has 158 valence electrons. The topological polar surface area (TPSA) is 79.4 Å². The molecule has 9 heteroatoms. The Labute approximate surface area is 178 Å². The smallest absolute Gasteiger partial charge is 0.257 e. The minimum absolute atomic E-state index is 0.0649. The van der Waals surface area contributed by atoms with Gasteiger partial charge in [0.15, 0.2) is 11.5 Å². The normalized spacial score (nSPS) is 16.2. The maximum atomic E-state index is 13.1. The first-order chi connectivity index (χ1) is 14.3. The van der Waals surface area contributed by atoms with E-state index in [1.54, 1.807) is 49.2 Å². The molecule has 3 amide bonds. The van der Waals surface area contributed by atoms with Gasteiger partial charge in [0.25, 0.3) is 11.8 Å². The standard InChI is InChI=1S/C21H23N3O5S/c1-22-11-17(25)23(2)21-18(20(22)27)13-7-8-24(10-16(13)30-21)19(26)12-5-6-14(28-3)15(9-12)29-4/h5-6,9H,7-8,10-11H2,1-4H3. The molecule has 0 fully saturated rings. The van der Waals surface area contributed by atoms with Crippen molar-refractivity contribution in [2.75, 3.05) is 46.3 Å². The van der Waals surface area contributed by atoms with E-state index in [2.05, 4.69) is 0 Å². The molecule has 2 aliphatic rings. The Bertz CT molecular complexity index is 1050. The van der Waals surface area contributed by atoms with E-state index >= 15 is 0 Å². The Morgan fingerprint density at radius 2 is 1.80 bits per heavy atom. The van der Waals surface area contributed by atoms with Gasteiger partial charge in [0.2, 0.25) is 5.91 Å². The number of benzene rings is 1. The minimum Gasteiger partial charge on any atom is -0.493 e. The molecule has 0 radical (unpaired) electrons. The summed E-state index contributed by atoms with van der Waals surface area (Å²) in [5.74, 6) is 0.685. The Morgan fingerprint density at radius 3 is 2.50 bits per heavy atom. The predicted octanol–water partition coefficient (Wildman–Crippen LogP) is 2.01. The molecule has 4 rings (SSSR count). The van der Waals surface area contributed by atoms with Gasteiger partial charge in [-0.3, -0.25) is 14.4 Å². The number of hydrogen-bond donors (Lipinski definition) is 0. The highest BCUT2D eigenvalue weighted by Crippen LogP contribution is 2.41. The van der Waals surface area contributed by atoms with Crippen LogP contribution in [-0.4, -0.2) is 68.9 Å². The second-order valence-electron chi connectivity index (χ2n) is 7.34. The van der Waals surface area contributed by atoms with Crippen LogP contribution in [0.5, 0.6) is 11.5 Å². The van der Waals surface area contributed by atoms with Crippen LogP contribution in [0.2, 0.25) is 0 Å². The van der Waals surface area contributed by atoms with Crippen molar-refractivity contribution in [2.24, 2.45) is 0 Å². The first-order valence-electron chi connectivity index (χ1n) is 9.53. The van der Waals surface area contributed by atoms with Crippen molar-refractivity contribution < 1.29 is 23.9 Å². The number of methoxy groups -OCH3 is 2. The zero-order chi connectivity index (χ0) is 21.6. The van der Waals surface area contributed by atoms with Gasteiger partial charge in [-0.15, -0.1) is 11.3 Å². The predicted molar refractivity (Wildman–Crippen MR) is 113 cm³/mol. The number of ether oxygens (including phenoxy) is 2. The minimum atomic E-state index is -0.139. The van der Waals surface area contributed by atoms with Crippen LogP contribution in [0.1, 0.15) is 31.2 Å². The number of thiophene rings is 1. The van der Waals surface area contributed by atoms with E-state index < -0.39 is 0 Å². The van der Waals surface area contributed by atoms with E-state index in [0.717, 1.165) is 10.4 Å². The molecule has 30 heavy (non-hydrogen) atoms. The highest BCUT2D eigenvalue weighted by molar-refractivity contribution is 7.17. The molecule has 2 aromatic rings. The summed E-state index contributed by atoms with van der Waals surface area (Å²) in [4.78, 5) is 44.1. The zero-order valence-electron chi connectivity index (χ0n) is 17.4. The third kappa shape index (κ3) is 3.19. The van der Waals surface area contributed by atoms with E-state index in [1.807, 2.05) is 0 Å². The third-order valence-electron chi connectivity index (χ3n) is 5.57. The Balaban J connectivity index is 1.64. The number of likely N-dealkylation sites (N-methyl/N-ethyl adjacent to an activating group) is 2. The van der Waals surface area contributed by atoms with Crippen LogP contribution in [0.4, 0.5) is 5.00 Å². The van der Waals surface area contributed by atoms with Gasteiger partial charge in [-0.2, -0.15) is 0 Å². The number of fused-ring (bicyclic) bond motifs is 3. The van der Waals surface area contributed by atoms with E-state index in [0.29, 0.717) is 47.1 Å². The maximum Gasteiger partial charge on any atom is 0.257 e. The molecule has 0 N–H and O–H groups in total. The van der Waals surface area contributed by atoms with Crippen LogP contribution in [0, 0.1) is 0 Å². The molecule has 0 spiro atoms. The lowest BCUT2D eigenvalue weighted by Crippen LogP contribution is -2.37. The number of carbonyl (C=O) groups excluding carboxylic acids is 3. The molecule has 0 atom stereocenters. The highest BCUT2D eigenvalue weighted by Gasteiger charge is 2.36. The van der Waals surface area contributed by atoms with Crippen LogP contribution < -0.4 is 14.4 Å². The number of carbonyl (C=O) groups is 3. The largest absolute Gasteiger partial charge is 0.493 e. The van der Waals surface area contributed by atoms with Crippen molar-refractivity contribution >= 4 is 34.1 Å². The molecule has 1 aromatic carbocycles. The highest BCUT2D eigenvalue weighted by atomic mass is 32.1. The zero-order valence-corrected chi connectivity index (χ0v) is 18.2. The van der Waals surface area contributed by atoms with Crippen molar-refractivity contribution in [1.29, 1.82) is 0 Å². The third-order valence-corrected chi connectivity index (χ3v) is 6.86. The summed E-state index contributed by atoms with van der Waals surface area (Å²) < 4.78 is 10.5. The van der Waals surface area contributed by atoms with Crippen LogP contribution in [0.3, 0.4) is 0 Å². The average molecular weight is 429 g/mol. The van der Waals surface area contributed by atoms with Gasteiger partial charge in [-0.1, -0.05) is 0 Å². The lowest BCUT2D eigenvalue weighted by Gasteiger charge is -2.28. The lowest BCUT2D eigenvalue weighted by atomic mass is 10.0. The molecule has 3 heterocycles. The average Bonchev–Trinajstić information content (AvgIpc) is 3.12. The van der Waals surface area contributed by atoms with E-state index in [9.17, 15) is 14.4 Å². The number of nitrogens with zero attached hydrogens (tertiary/aromatic N) is 3. The fourth-order valence-electron chi connectivity index (χ4n) is 3.86. The number of rotatable bonds is 3. The summed E-state index contributed by atoms with van der Waals surface area (Å²) in [6.45, 7) is 0.965. The summed E-state index contributed by atoms with van der Waals surface area (Å²) >= 11 is 1.42. The van der Waals surface area contributed by atoms with Crippen LogP contribution in [-0.2, 0) is 17.8 Å². The summed E-state index contributed by atoms with van der Waals surface area (Å²) in [5.41, 5.74) is 2.06. The molecule has 0 unspecified atom stereocenters. The van der Waals surface area contributed by atoms with Crippen LogP contribution >= 0.6 is 11.3 Å². The van der Waals surface area contributed by atoms with Gasteiger partial charge in [-0.05, 0) is 30.2 Å². The number of anilines is 1. The van der Waals surface area contributed by atoms with Gasteiger partial charge in [0.05, 0.1) is 26.3 Å². The van der Waals surface area contributed by atoms with Crippen molar-refractivity contribution in [2.45, 2.75) is 13.0 Å². The van der Waals surface area contributed by atoms with E-state index in [4.69, 9.17) is 9.47 Å². The van der Waals surface area contributed by atoms with E-state index in [-0.39, 0.29) is 24.3 Å². The van der Waals surface area contributed by atoms with Crippen molar-refractivity contribution in [3.8, 4) is 11.5 Å². The Morgan fingerprint density at radius 1 is 1.07 bits per heavy atom. The number of hydrogen-bond acceptors (Lipinski definition) is 6. The van der Waals surface area contributed by atoms with E-state index in [1.165, 1.54) is 23.3 Å². The van der Waals surface area contributed by atoms with Gasteiger partial charge in [-0.25, -0.2) is 0 Å². The molecule has 0 saturated carbocycles. The lowest BCUT2D eigenvalue weighted by molar-refractivity contribution is -0.118. The SMILES string of the molecule is COc1ccc(C(=O)N2CCc3c(sc4c3C(=O)N(C)CC(=O)N4C)C2)cc1OC. The summed E-state index contributed by atoms with van der Waals surface area (Å²) in [5, 5.41) is 0.666. The fourth-order valence-corrected chi connectivity index (χ4v) is 5.19. The Hall–Kier alpha value is -3.07. The van der Waals surface area contributed by atoms with Crippen molar-refractivity contribution in [1.82, 2.24) is 9.80 Å². The second kappa shape index (κ2) is 7.64. The first-order valence-corrected chi connectivity index (χ1v) is 10.3. The summed E-state index contributed by atoms with van der Waals surface area (Å²) in [6, 6.07) is 5.10. The molecule has 0 aliphatic carbocycles. The van der Waals surface area contributed by atoms with Crippen LogP contribution in [0.25, 0.3) is 0 Å². The van der Waals surface area contributed by atoms with Gasteiger partial charge in [0.1, 0.15) is 11.5 Å². The van der Waals surface area contributed by atoms with Crippen molar-refractivity contribution in [3.63, 3.8) is 0 Å². The molecule has 0 saturated heterocycles. The fraction of sp³-hybridized carbons (Fsp3) is 0.381. The monoisotopic (exact) mass is 429 g/mol. The molecular formula is C21H23N3O5S.